The second-order valence-electron chi connectivity index (χ2n) is 4.20. The summed E-state index contributed by atoms with van der Waals surface area (Å²) in [5.74, 6) is -0.341. The normalized spacial score (nSPS) is 13.1. The molecule has 4 heteroatoms. The van der Waals surface area contributed by atoms with Crippen LogP contribution in [-0.4, -0.2) is 29.7 Å². The van der Waals surface area contributed by atoms with E-state index < -0.39 is 0 Å². The van der Waals surface area contributed by atoms with Crippen molar-refractivity contribution in [3.63, 3.8) is 0 Å². The molecule has 3 N–H and O–H groups in total. The third-order valence-electron chi connectivity index (χ3n) is 2.48. The molecule has 0 aliphatic heterocycles. The summed E-state index contributed by atoms with van der Waals surface area (Å²) in [6, 6.07) is 5.02. The lowest BCUT2D eigenvalue weighted by Crippen LogP contribution is -2.22. The van der Waals surface area contributed by atoms with Crippen LogP contribution in [0.15, 0.2) is 18.2 Å². The van der Waals surface area contributed by atoms with E-state index in [1.165, 1.54) is 0 Å². The molecule has 16 heavy (non-hydrogen) atoms. The summed E-state index contributed by atoms with van der Waals surface area (Å²) in [5.41, 5.74) is 6.26. The maximum absolute atomic E-state index is 13.6. The molecule has 0 bridgehead atoms. The number of nitrogens with zero attached hydrogens (tertiary/aromatic N) is 1. The monoisotopic (exact) mass is 226 g/mol. The van der Waals surface area contributed by atoms with E-state index in [-0.39, 0.29) is 17.6 Å². The Kier molecular flexibility index (Phi) is 4.71. The number of hydrogen-bond acceptors (Lipinski definition) is 3. The lowest BCUT2D eigenvalue weighted by molar-refractivity contribution is 0.162. The van der Waals surface area contributed by atoms with Crippen LogP contribution in [0.25, 0.3) is 0 Å². The van der Waals surface area contributed by atoms with Crippen LogP contribution in [0.4, 0.5) is 10.1 Å². The third kappa shape index (κ3) is 3.79. The zero-order valence-electron chi connectivity index (χ0n) is 9.78. The van der Waals surface area contributed by atoms with Crippen molar-refractivity contribution in [3.05, 3.63) is 29.6 Å². The molecule has 0 saturated heterocycles. The van der Waals surface area contributed by atoms with Crippen molar-refractivity contribution >= 4 is 5.69 Å². The van der Waals surface area contributed by atoms with Crippen LogP contribution in [0.3, 0.4) is 0 Å². The largest absolute Gasteiger partial charge is 0.396 e. The molecule has 0 fully saturated rings. The van der Waals surface area contributed by atoms with Crippen LogP contribution in [0.2, 0.25) is 0 Å². The summed E-state index contributed by atoms with van der Waals surface area (Å²) >= 11 is 0. The lowest BCUT2D eigenvalue weighted by atomic mass is 10.1. The number of nitrogen functional groups attached to an aromatic ring is 1. The zero-order chi connectivity index (χ0) is 12.1. The predicted octanol–water partition coefficient (Wildman–Crippen LogP) is 1.61. The quantitative estimate of drug-likeness (QED) is 0.750. The molecule has 0 heterocycles. The molecule has 0 radical (unpaired) electrons. The Balaban J connectivity index is 2.56. The maximum atomic E-state index is 13.6. The number of benzene rings is 1. The number of aliphatic hydroxyl groups is 1. The number of halogens is 1. The van der Waals surface area contributed by atoms with Gasteiger partial charge in [-0.2, -0.15) is 0 Å². The minimum atomic E-state index is -0.341. The fourth-order valence-corrected chi connectivity index (χ4v) is 1.50. The van der Waals surface area contributed by atoms with Gasteiger partial charge in [0.15, 0.2) is 5.82 Å². The van der Waals surface area contributed by atoms with Gasteiger partial charge >= 0.3 is 0 Å². The van der Waals surface area contributed by atoms with Gasteiger partial charge in [-0.05, 0) is 26.5 Å². The van der Waals surface area contributed by atoms with Gasteiger partial charge in [-0.15, -0.1) is 0 Å². The molecule has 90 valence electrons. The van der Waals surface area contributed by atoms with E-state index in [1.807, 2.05) is 11.9 Å². The molecule has 1 atom stereocenters. The molecule has 0 spiro atoms. The Morgan fingerprint density at radius 1 is 1.50 bits per heavy atom. The van der Waals surface area contributed by atoms with Gasteiger partial charge in [0, 0.05) is 18.7 Å². The third-order valence-corrected chi connectivity index (χ3v) is 2.48. The average molecular weight is 226 g/mol. The molecule has 1 aromatic carbocycles. The smallest absolute Gasteiger partial charge is 0.150 e. The summed E-state index contributed by atoms with van der Waals surface area (Å²) in [7, 11) is 1.89. The van der Waals surface area contributed by atoms with Crippen LogP contribution in [0.5, 0.6) is 0 Å². The molecule has 1 aromatic rings. The minimum absolute atomic E-state index is 0.182. The van der Waals surface area contributed by atoms with E-state index in [2.05, 4.69) is 0 Å². The van der Waals surface area contributed by atoms with Crippen LogP contribution < -0.4 is 5.73 Å². The molecule has 1 rings (SSSR count). The van der Waals surface area contributed by atoms with E-state index in [0.29, 0.717) is 18.5 Å². The standard InChI is InChI=1S/C12H19FN2O/c1-9(16)6-7-15(2)8-10-4-3-5-11(14)12(10)13/h3-5,9,16H,6-8,14H2,1-2H3. The van der Waals surface area contributed by atoms with E-state index in [0.717, 1.165) is 6.54 Å². The Hall–Kier alpha value is -1.13. The van der Waals surface area contributed by atoms with E-state index in [4.69, 9.17) is 10.8 Å². The fourth-order valence-electron chi connectivity index (χ4n) is 1.50. The predicted molar refractivity (Wildman–Crippen MR) is 63.4 cm³/mol. The Bertz CT molecular complexity index is 342. The molecule has 0 saturated carbocycles. The Morgan fingerprint density at radius 2 is 2.19 bits per heavy atom. The summed E-state index contributed by atoms with van der Waals surface area (Å²) in [5, 5.41) is 9.15. The minimum Gasteiger partial charge on any atom is -0.396 e. The van der Waals surface area contributed by atoms with Crippen molar-refractivity contribution in [2.24, 2.45) is 0 Å². The summed E-state index contributed by atoms with van der Waals surface area (Å²) in [6.45, 7) is 2.98. The van der Waals surface area contributed by atoms with Crippen molar-refractivity contribution in [3.8, 4) is 0 Å². The topological polar surface area (TPSA) is 49.5 Å². The molecule has 1 unspecified atom stereocenters. The highest BCUT2D eigenvalue weighted by atomic mass is 19.1. The summed E-state index contributed by atoms with van der Waals surface area (Å²) < 4.78 is 13.6. The number of nitrogens with two attached hydrogens (primary N) is 1. The first-order valence-corrected chi connectivity index (χ1v) is 5.40. The summed E-state index contributed by atoms with van der Waals surface area (Å²) in [4.78, 5) is 1.96. The second kappa shape index (κ2) is 5.82. The number of hydrogen-bond donors (Lipinski definition) is 2. The van der Waals surface area contributed by atoms with E-state index in [9.17, 15) is 4.39 Å². The SMILES string of the molecule is CC(O)CCN(C)Cc1cccc(N)c1F. The molecule has 0 aliphatic rings. The van der Waals surface area contributed by atoms with E-state index >= 15 is 0 Å². The molecule has 0 aliphatic carbocycles. The maximum Gasteiger partial charge on any atom is 0.150 e. The summed E-state index contributed by atoms with van der Waals surface area (Å²) in [6.07, 6.45) is 0.355. The van der Waals surface area contributed by atoms with Gasteiger partial charge in [-0.3, -0.25) is 0 Å². The number of rotatable bonds is 5. The highest BCUT2D eigenvalue weighted by Gasteiger charge is 2.08. The molecule has 0 aromatic heterocycles. The van der Waals surface area contributed by atoms with Gasteiger partial charge in [0.2, 0.25) is 0 Å². The van der Waals surface area contributed by atoms with Crippen LogP contribution in [-0.2, 0) is 6.54 Å². The molecular formula is C12H19FN2O. The van der Waals surface area contributed by atoms with Crippen molar-refractivity contribution < 1.29 is 9.50 Å². The first kappa shape index (κ1) is 12.9. The van der Waals surface area contributed by atoms with Crippen molar-refractivity contribution in [2.75, 3.05) is 19.3 Å². The number of aliphatic hydroxyl groups excluding tert-OH is 1. The fraction of sp³-hybridized carbons (Fsp3) is 0.500. The number of anilines is 1. The van der Waals surface area contributed by atoms with Gasteiger partial charge in [0.05, 0.1) is 11.8 Å². The second-order valence-corrected chi connectivity index (χ2v) is 4.20. The molecule has 3 nitrogen and oxygen atoms in total. The Morgan fingerprint density at radius 3 is 2.81 bits per heavy atom. The lowest BCUT2D eigenvalue weighted by Gasteiger charge is -2.18. The van der Waals surface area contributed by atoms with Crippen LogP contribution >= 0.6 is 0 Å². The Labute approximate surface area is 95.7 Å². The molecular weight excluding hydrogens is 207 g/mol. The average Bonchev–Trinajstić information content (AvgIpc) is 2.22. The van der Waals surface area contributed by atoms with Gasteiger partial charge in [0.1, 0.15) is 0 Å². The first-order chi connectivity index (χ1) is 7.50. The van der Waals surface area contributed by atoms with Gasteiger partial charge in [0.25, 0.3) is 0 Å². The van der Waals surface area contributed by atoms with Crippen molar-refractivity contribution in [2.45, 2.75) is 26.0 Å². The van der Waals surface area contributed by atoms with E-state index in [1.54, 1.807) is 25.1 Å². The van der Waals surface area contributed by atoms with Crippen molar-refractivity contribution in [1.29, 1.82) is 0 Å². The van der Waals surface area contributed by atoms with Gasteiger partial charge in [-0.25, -0.2) is 4.39 Å². The van der Waals surface area contributed by atoms with Crippen molar-refractivity contribution in [1.82, 2.24) is 4.90 Å². The van der Waals surface area contributed by atoms with Gasteiger partial charge < -0.3 is 15.7 Å². The zero-order valence-corrected chi connectivity index (χ0v) is 9.78. The highest BCUT2D eigenvalue weighted by Crippen LogP contribution is 2.16. The van der Waals surface area contributed by atoms with Gasteiger partial charge in [-0.1, -0.05) is 12.1 Å². The molecule has 0 amide bonds. The van der Waals surface area contributed by atoms with Crippen LogP contribution in [0, 0.1) is 5.82 Å². The highest BCUT2D eigenvalue weighted by molar-refractivity contribution is 5.42. The van der Waals surface area contributed by atoms with Crippen LogP contribution in [0.1, 0.15) is 18.9 Å². The first-order valence-electron chi connectivity index (χ1n) is 5.40.